The van der Waals surface area contributed by atoms with Gasteiger partial charge in [0, 0.05) is 11.4 Å². The third kappa shape index (κ3) is 2.59. The molecule has 1 aliphatic rings. The lowest BCUT2D eigenvalue weighted by Gasteiger charge is -2.13. The minimum absolute atomic E-state index is 0.0324. The van der Waals surface area contributed by atoms with Crippen molar-refractivity contribution in [3.63, 3.8) is 0 Å². The van der Waals surface area contributed by atoms with E-state index in [1.807, 2.05) is 25.1 Å². The molecule has 17 heavy (non-hydrogen) atoms. The summed E-state index contributed by atoms with van der Waals surface area (Å²) in [5.41, 5.74) is 7.64. The minimum Gasteiger partial charge on any atom is -0.376 e. The zero-order valence-corrected chi connectivity index (χ0v) is 10.1. The summed E-state index contributed by atoms with van der Waals surface area (Å²) in [5.74, 6) is -0.0324. The lowest BCUT2D eigenvalue weighted by molar-refractivity contribution is -0.116. The van der Waals surface area contributed by atoms with Gasteiger partial charge in [-0.3, -0.25) is 4.79 Å². The molecule has 0 saturated carbocycles. The first kappa shape index (κ1) is 11.5. The Balaban J connectivity index is 2.27. The molecule has 1 aliphatic heterocycles. The number of amides is 1. The fourth-order valence-corrected chi connectivity index (χ4v) is 1.73. The van der Waals surface area contributed by atoms with Gasteiger partial charge in [-0.25, -0.2) is 5.01 Å². The van der Waals surface area contributed by atoms with Gasteiger partial charge in [0.1, 0.15) is 0 Å². The van der Waals surface area contributed by atoms with Gasteiger partial charge in [0.05, 0.1) is 12.1 Å². The summed E-state index contributed by atoms with van der Waals surface area (Å²) in [4.78, 5) is 11.7. The smallest absolute Gasteiger partial charge is 0.253 e. The molecule has 1 heterocycles. The van der Waals surface area contributed by atoms with E-state index in [4.69, 9.17) is 18.0 Å². The molecule has 0 bridgehead atoms. The van der Waals surface area contributed by atoms with Crippen LogP contribution in [-0.2, 0) is 4.79 Å². The molecule has 6 heteroatoms. The quantitative estimate of drug-likeness (QED) is 0.777. The molecule has 0 unspecified atom stereocenters. The molecule has 0 spiro atoms. The van der Waals surface area contributed by atoms with E-state index in [2.05, 4.69) is 10.4 Å². The van der Waals surface area contributed by atoms with Gasteiger partial charge in [0.25, 0.3) is 5.91 Å². The van der Waals surface area contributed by atoms with Gasteiger partial charge >= 0.3 is 0 Å². The molecule has 2 rings (SSSR count). The fraction of sp³-hybridized carbons (Fsp3) is 0.182. The number of hydrogen-bond donors (Lipinski definition) is 2. The highest BCUT2D eigenvalue weighted by Crippen LogP contribution is 2.23. The average Bonchev–Trinajstić information content (AvgIpc) is 2.57. The molecule has 1 aromatic carbocycles. The summed E-state index contributed by atoms with van der Waals surface area (Å²) >= 11 is 4.76. The van der Waals surface area contributed by atoms with Crippen LogP contribution in [0.15, 0.2) is 29.4 Å². The minimum atomic E-state index is -0.0324. The lowest BCUT2D eigenvalue weighted by atomic mass is 10.2. The van der Waals surface area contributed by atoms with Gasteiger partial charge in [-0.05, 0) is 37.3 Å². The second kappa shape index (κ2) is 4.50. The first-order chi connectivity index (χ1) is 8.06. The van der Waals surface area contributed by atoms with Crippen LogP contribution in [0.5, 0.6) is 0 Å². The SMILES string of the molecule is CC1=NN(c2cccc(NC(N)=S)c2)C(=O)C1. The molecular weight excluding hydrogens is 236 g/mol. The molecule has 1 aromatic rings. The number of thiocarbonyl (C=S) groups is 1. The van der Waals surface area contributed by atoms with Crippen LogP contribution < -0.4 is 16.1 Å². The van der Waals surface area contributed by atoms with E-state index in [1.54, 1.807) is 6.07 Å². The maximum atomic E-state index is 11.7. The van der Waals surface area contributed by atoms with Gasteiger partial charge in [-0.1, -0.05) is 6.07 Å². The molecule has 0 saturated heterocycles. The van der Waals surface area contributed by atoms with E-state index >= 15 is 0 Å². The number of nitrogens with zero attached hydrogens (tertiary/aromatic N) is 2. The van der Waals surface area contributed by atoms with Gasteiger partial charge in [-0.2, -0.15) is 5.10 Å². The Morgan fingerprint density at radius 1 is 1.59 bits per heavy atom. The van der Waals surface area contributed by atoms with E-state index in [-0.39, 0.29) is 11.0 Å². The van der Waals surface area contributed by atoms with Crippen LogP contribution in [-0.4, -0.2) is 16.7 Å². The maximum absolute atomic E-state index is 11.7. The van der Waals surface area contributed by atoms with Gasteiger partial charge in [0.15, 0.2) is 5.11 Å². The second-order valence-corrected chi connectivity index (χ2v) is 4.20. The van der Waals surface area contributed by atoms with Crippen LogP contribution in [0.25, 0.3) is 0 Å². The summed E-state index contributed by atoms with van der Waals surface area (Å²) in [7, 11) is 0. The zero-order chi connectivity index (χ0) is 12.4. The number of benzene rings is 1. The highest BCUT2D eigenvalue weighted by molar-refractivity contribution is 7.80. The van der Waals surface area contributed by atoms with Crippen molar-refractivity contribution in [3.8, 4) is 0 Å². The van der Waals surface area contributed by atoms with Crippen LogP contribution >= 0.6 is 12.2 Å². The topological polar surface area (TPSA) is 70.7 Å². The Hall–Kier alpha value is -1.95. The predicted octanol–water partition coefficient (Wildman–Crippen LogP) is 1.45. The number of hydrogen-bond acceptors (Lipinski definition) is 3. The maximum Gasteiger partial charge on any atom is 0.253 e. The van der Waals surface area contributed by atoms with Crippen LogP contribution in [0.1, 0.15) is 13.3 Å². The van der Waals surface area contributed by atoms with E-state index in [0.717, 1.165) is 11.4 Å². The molecule has 1 amide bonds. The number of carbonyl (C=O) groups excluding carboxylic acids is 1. The molecule has 88 valence electrons. The first-order valence-corrected chi connectivity index (χ1v) is 5.50. The Labute approximate surface area is 104 Å². The van der Waals surface area contributed by atoms with Crippen molar-refractivity contribution >= 4 is 40.3 Å². The Kier molecular flexibility index (Phi) is 3.06. The van der Waals surface area contributed by atoms with E-state index in [0.29, 0.717) is 12.1 Å². The number of nitrogens with two attached hydrogens (primary N) is 1. The molecule has 3 N–H and O–H groups in total. The van der Waals surface area contributed by atoms with Gasteiger partial charge in [-0.15, -0.1) is 0 Å². The van der Waals surface area contributed by atoms with E-state index in [9.17, 15) is 4.79 Å². The third-order valence-electron chi connectivity index (χ3n) is 2.27. The Bertz CT molecular complexity index is 512. The Morgan fingerprint density at radius 2 is 2.35 bits per heavy atom. The summed E-state index contributed by atoms with van der Waals surface area (Å²) < 4.78 is 0. The fourth-order valence-electron chi connectivity index (χ4n) is 1.61. The van der Waals surface area contributed by atoms with E-state index < -0.39 is 0 Å². The highest BCUT2D eigenvalue weighted by atomic mass is 32.1. The first-order valence-electron chi connectivity index (χ1n) is 5.10. The van der Waals surface area contributed by atoms with Gasteiger partial charge < -0.3 is 11.1 Å². The lowest BCUT2D eigenvalue weighted by Crippen LogP contribution is -2.21. The van der Waals surface area contributed by atoms with Crippen LogP contribution in [0.3, 0.4) is 0 Å². The number of nitrogens with one attached hydrogen (secondary N) is 1. The normalized spacial score (nSPS) is 14.8. The summed E-state index contributed by atoms with van der Waals surface area (Å²) in [6, 6.07) is 7.22. The van der Waals surface area contributed by atoms with Gasteiger partial charge in [0.2, 0.25) is 0 Å². The highest BCUT2D eigenvalue weighted by Gasteiger charge is 2.22. The summed E-state index contributed by atoms with van der Waals surface area (Å²) in [6.45, 7) is 1.83. The monoisotopic (exact) mass is 248 g/mol. The molecule has 0 atom stereocenters. The van der Waals surface area contributed by atoms with Crippen molar-refractivity contribution in [2.45, 2.75) is 13.3 Å². The van der Waals surface area contributed by atoms with Crippen molar-refractivity contribution < 1.29 is 4.79 Å². The summed E-state index contributed by atoms with van der Waals surface area (Å²) in [6.07, 6.45) is 0.368. The van der Waals surface area contributed by atoms with E-state index in [1.165, 1.54) is 5.01 Å². The number of hydrazone groups is 1. The van der Waals surface area contributed by atoms with Crippen molar-refractivity contribution in [2.24, 2.45) is 10.8 Å². The zero-order valence-electron chi connectivity index (χ0n) is 9.30. The van der Waals surface area contributed by atoms with Crippen LogP contribution in [0.4, 0.5) is 11.4 Å². The molecule has 0 aliphatic carbocycles. The average molecular weight is 248 g/mol. The van der Waals surface area contributed by atoms with Crippen molar-refractivity contribution in [3.05, 3.63) is 24.3 Å². The van der Waals surface area contributed by atoms with Crippen LogP contribution in [0.2, 0.25) is 0 Å². The van der Waals surface area contributed by atoms with Crippen molar-refractivity contribution in [1.82, 2.24) is 0 Å². The van der Waals surface area contributed by atoms with Crippen molar-refractivity contribution in [2.75, 3.05) is 10.3 Å². The van der Waals surface area contributed by atoms with Crippen LogP contribution in [0, 0.1) is 0 Å². The molecule has 0 fully saturated rings. The predicted molar refractivity (Wildman–Crippen MR) is 72.1 cm³/mol. The second-order valence-electron chi connectivity index (χ2n) is 3.76. The molecular formula is C11H12N4OS. The molecule has 5 nitrogen and oxygen atoms in total. The Morgan fingerprint density at radius 3 is 2.94 bits per heavy atom. The summed E-state index contributed by atoms with van der Waals surface area (Å²) in [5, 5.41) is 8.56. The molecule has 0 radical (unpaired) electrons. The largest absolute Gasteiger partial charge is 0.376 e. The standard InChI is InChI=1S/C11H12N4OS/c1-7-5-10(16)15(14-7)9-4-2-3-8(6-9)13-11(12)17/h2-4,6H,5H2,1H3,(H3,12,13,17). The number of rotatable bonds is 2. The van der Waals surface area contributed by atoms with Crippen molar-refractivity contribution in [1.29, 1.82) is 0 Å². The molecule has 0 aromatic heterocycles. The third-order valence-corrected chi connectivity index (χ3v) is 2.37. The number of carbonyl (C=O) groups is 1. The number of anilines is 2.